The molecule has 26 heavy (non-hydrogen) atoms. The zero-order valence-electron chi connectivity index (χ0n) is 15.2. The van der Waals surface area contributed by atoms with Crippen LogP contribution in [0.25, 0.3) is 10.9 Å². The molecule has 1 saturated heterocycles. The van der Waals surface area contributed by atoms with Gasteiger partial charge in [-0.25, -0.2) is 4.79 Å². The summed E-state index contributed by atoms with van der Waals surface area (Å²) in [6.45, 7) is 4.30. The van der Waals surface area contributed by atoms with Crippen LogP contribution in [-0.2, 0) is 17.6 Å². The number of H-pyrrole nitrogens is 1. The lowest BCUT2D eigenvalue weighted by atomic mass is 9.95. The highest BCUT2D eigenvalue weighted by atomic mass is 16.6. The van der Waals surface area contributed by atoms with Gasteiger partial charge in [-0.1, -0.05) is 0 Å². The van der Waals surface area contributed by atoms with Crippen molar-refractivity contribution in [2.45, 2.75) is 32.6 Å². The largest absolute Gasteiger partial charge is 0.450 e. The van der Waals surface area contributed by atoms with Gasteiger partial charge in [0, 0.05) is 48.3 Å². The summed E-state index contributed by atoms with van der Waals surface area (Å²) >= 11 is 0. The molecular weight excluding hydrogens is 330 g/mol. The first-order chi connectivity index (χ1) is 12.7. The van der Waals surface area contributed by atoms with Crippen molar-refractivity contribution in [3.05, 3.63) is 35.0 Å². The molecule has 2 heterocycles. The summed E-state index contributed by atoms with van der Waals surface area (Å²) in [4.78, 5) is 31.7. The van der Waals surface area contributed by atoms with Crippen LogP contribution in [0.2, 0.25) is 0 Å². The predicted molar refractivity (Wildman–Crippen MR) is 99.4 cm³/mol. The fraction of sp³-hybridized carbons (Fsp3) is 0.500. The van der Waals surface area contributed by atoms with Gasteiger partial charge in [-0.05, 0) is 56.4 Å². The van der Waals surface area contributed by atoms with Crippen LogP contribution < -0.4 is 0 Å². The number of aryl methyl sites for hydroxylation is 2. The molecule has 0 saturated carbocycles. The zero-order chi connectivity index (χ0) is 18.1. The summed E-state index contributed by atoms with van der Waals surface area (Å²) in [6, 6.07) is 5.97. The van der Waals surface area contributed by atoms with Crippen molar-refractivity contribution in [2.75, 3.05) is 32.8 Å². The van der Waals surface area contributed by atoms with Crippen molar-refractivity contribution in [1.82, 2.24) is 14.8 Å². The number of rotatable bonds is 2. The van der Waals surface area contributed by atoms with Crippen molar-refractivity contribution in [1.29, 1.82) is 0 Å². The second-order valence-corrected chi connectivity index (χ2v) is 7.03. The normalized spacial score (nSPS) is 17.3. The molecule has 1 aliphatic heterocycles. The molecule has 1 aromatic heterocycles. The molecule has 0 radical (unpaired) electrons. The van der Waals surface area contributed by atoms with E-state index in [9.17, 15) is 9.59 Å². The van der Waals surface area contributed by atoms with Crippen molar-refractivity contribution in [3.8, 4) is 0 Å². The van der Waals surface area contributed by atoms with E-state index in [4.69, 9.17) is 4.74 Å². The summed E-state index contributed by atoms with van der Waals surface area (Å²) in [5, 5.41) is 1.19. The Kier molecular flexibility index (Phi) is 4.57. The molecular formula is C20H25N3O3. The number of hydrogen-bond donors (Lipinski definition) is 1. The molecule has 138 valence electrons. The van der Waals surface area contributed by atoms with Crippen molar-refractivity contribution < 1.29 is 14.3 Å². The average molecular weight is 355 g/mol. The van der Waals surface area contributed by atoms with Crippen LogP contribution in [0.15, 0.2) is 18.2 Å². The van der Waals surface area contributed by atoms with Crippen LogP contribution in [0.4, 0.5) is 4.79 Å². The molecule has 0 bridgehead atoms. The first-order valence-electron chi connectivity index (χ1n) is 9.52. The second-order valence-electron chi connectivity index (χ2n) is 7.03. The van der Waals surface area contributed by atoms with Gasteiger partial charge < -0.3 is 19.5 Å². The molecule has 6 heteroatoms. The van der Waals surface area contributed by atoms with Crippen molar-refractivity contribution in [2.24, 2.45) is 0 Å². The number of aromatic amines is 1. The number of hydrogen-bond acceptors (Lipinski definition) is 3. The Labute approximate surface area is 153 Å². The van der Waals surface area contributed by atoms with Gasteiger partial charge in [0.15, 0.2) is 0 Å². The van der Waals surface area contributed by atoms with E-state index in [0.717, 1.165) is 23.9 Å². The second kappa shape index (κ2) is 7.02. The maximum Gasteiger partial charge on any atom is 0.409 e. The van der Waals surface area contributed by atoms with Crippen LogP contribution >= 0.6 is 0 Å². The number of ether oxygens (including phenoxy) is 1. The van der Waals surface area contributed by atoms with Crippen LogP contribution in [0, 0.1) is 0 Å². The quantitative estimate of drug-likeness (QED) is 0.901. The highest BCUT2D eigenvalue weighted by Crippen LogP contribution is 2.30. The highest BCUT2D eigenvalue weighted by molar-refractivity contribution is 5.99. The van der Waals surface area contributed by atoms with E-state index >= 15 is 0 Å². The van der Waals surface area contributed by atoms with E-state index in [1.807, 2.05) is 23.1 Å². The third-order valence-corrected chi connectivity index (χ3v) is 5.44. The Balaban J connectivity index is 1.49. The van der Waals surface area contributed by atoms with Crippen LogP contribution in [0.3, 0.4) is 0 Å². The van der Waals surface area contributed by atoms with E-state index in [1.165, 1.54) is 29.5 Å². The van der Waals surface area contributed by atoms with Gasteiger partial charge in [-0.15, -0.1) is 0 Å². The molecule has 0 atom stereocenters. The number of nitrogens with zero attached hydrogens (tertiary/aromatic N) is 2. The molecule has 4 rings (SSSR count). The summed E-state index contributed by atoms with van der Waals surface area (Å²) in [5.41, 5.74) is 4.57. The minimum absolute atomic E-state index is 0.0427. The first kappa shape index (κ1) is 16.9. The summed E-state index contributed by atoms with van der Waals surface area (Å²) in [5.74, 6) is 0.0427. The minimum Gasteiger partial charge on any atom is -0.450 e. The third-order valence-electron chi connectivity index (χ3n) is 5.44. The maximum absolute atomic E-state index is 12.9. The Hall–Kier alpha value is -2.50. The number of nitrogens with one attached hydrogen (secondary N) is 1. The molecule has 2 aliphatic rings. The molecule has 0 unspecified atom stereocenters. The van der Waals surface area contributed by atoms with Crippen molar-refractivity contribution in [3.63, 3.8) is 0 Å². The fourth-order valence-electron chi connectivity index (χ4n) is 4.03. The lowest BCUT2D eigenvalue weighted by Crippen LogP contribution is -2.50. The number of aromatic nitrogens is 1. The van der Waals surface area contributed by atoms with E-state index in [1.54, 1.807) is 11.8 Å². The maximum atomic E-state index is 12.9. The van der Waals surface area contributed by atoms with Gasteiger partial charge >= 0.3 is 6.09 Å². The van der Waals surface area contributed by atoms with Gasteiger partial charge in [0.25, 0.3) is 5.91 Å². The van der Waals surface area contributed by atoms with E-state index in [-0.39, 0.29) is 12.0 Å². The molecule has 1 N–H and O–H groups in total. The van der Waals surface area contributed by atoms with Gasteiger partial charge in [-0.3, -0.25) is 4.79 Å². The van der Waals surface area contributed by atoms with Crippen LogP contribution in [-0.4, -0.2) is 59.6 Å². The van der Waals surface area contributed by atoms with E-state index in [0.29, 0.717) is 32.8 Å². The molecule has 2 aromatic rings. The van der Waals surface area contributed by atoms with Gasteiger partial charge in [0.2, 0.25) is 0 Å². The number of carbonyl (C=O) groups excluding carboxylic acids is 2. The standard InChI is InChI=1S/C20H25N3O3/c1-2-26-20(25)23-11-9-22(10-12-23)19(24)14-7-8-18-16(13-14)15-5-3-4-6-17(15)21-18/h7-8,13,21H,2-6,9-12H2,1H3. The van der Waals surface area contributed by atoms with Crippen LogP contribution in [0.1, 0.15) is 41.4 Å². The first-order valence-corrected chi connectivity index (χ1v) is 9.52. The number of fused-ring (bicyclic) bond motifs is 3. The van der Waals surface area contributed by atoms with Gasteiger partial charge in [0.05, 0.1) is 6.61 Å². The molecule has 6 nitrogen and oxygen atoms in total. The van der Waals surface area contributed by atoms with Crippen molar-refractivity contribution >= 4 is 22.9 Å². The fourth-order valence-corrected chi connectivity index (χ4v) is 4.03. The minimum atomic E-state index is -0.292. The van der Waals surface area contributed by atoms with Gasteiger partial charge in [-0.2, -0.15) is 0 Å². The summed E-state index contributed by atoms with van der Waals surface area (Å²) in [6.07, 6.45) is 4.35. The molecule has 1 fully saturated rings. The smallest absolute Gasteiger partial charge is 0.409 e. The Bertz CT molecular complexity index is 834. The lowest BCUT2D eigenvalue weighted by Gasteiger charge is -2.34. The summed E-state index contributed by atoms with van der Waals surface area (Å²) < 4.78 is 5.03. The van der Waals surface area contributed by atoms with E-state index in [2.05, 4.69) is 4.98 Å². The number of carbonyl (C=O) groups is 2. The SMILES string of the molecule is CCOC(=O)N1CCN(C(=O)c2ccc3[nH]c4c(c3c2)CCCC4)CC1. The Morgan fingerprint density at radius 2 is 1.81 bits per heavy atom. The molecule has 0 spiro atoms. The highest BCUT2D eigenvalue weighted by Gasteiger charge is 2.26. The zero-order valence-corrected chi connectivity index (χ0v) is 15.2. The lowest BCUT2D eigenvalue weighted by molar-refractivity contribution is 0.0570. The topological polar surface area (TPSA) is 65.6 Å². The molecule has 1 aliphatic carbocycles. The number of piperazine rings is 1. The third kappa shape index (κ3) is 3.04. The Morgan fingerprint density at radius 1 is 1.08 bits per heavy atom. The Morgan fingerprint density at radius 3 is 2.58 bits per heavy atom. The number of amides is 2. The monoisotopic (exact) mass is 355 g/mol. The van der Waals surface area contributed by atoms with Gasteiger partial charge in [0.1, 0.15) is 0 Å². The molecule has 2 amide bonds. The molecule has 1 aromatic carbocycles. The summed E-state index contributed by atoms with van der Waals surface area (Å²) in [7, 11) is 0. The predicted octanol–water partition coefficient (Wildman–Crippen LogP) is 2.96. The number of benzene rings is 1. The van der Waals surface area contributed by atoms with Crippen LogP contribution in [0.5, 0.6) is 0 Å². The average Bonchev–Trinajstić information content (AvgIpc) is 3.05. The van der Waals surface area contributed by atoms with E-state index < -0.39 is 0 Å².